The summed E-state index contributed by atoms with van der Waals surface area (Å²) >= 11 is 0. The van der Waals surface area contributed by atoms with Gasteiger partial charge >= 0.3 is 0 Å². The Bertz CT molecular complexity index is 777. The van der Waals surface area contributed by atoms with E-state index in [1.165, 1.54) is 6.20 Å². The SMILES string of the molecule is CC1(C)CCCC1NS(=O)(=O)c1c[nH]c2cc(N)ccc12. The third-order valence-electron chi connectivity index (χ3n) is 4.51. The Labute approximate surface area is 125 Å². The van der Waals surface area contributed by atoms with Gasteiger partial charge in [-0.05, 0) is 36.5 Å². The normalized spacial score (nSPS) is 21.9. The van der Waals surface area contributed by atoms with Gasteiger partial charge < -0.3 is 10.7 Å². The Kier molecular flexibility index (Phi) is 3.26. The molecular formula is C15H21N3O2S. The van der Waals surface area contributed by atoms with Crippen LogP contribution in [0.15, 0.2) is 29.3 Å². The van der Waals surface area contributed by atoms with Gasteiger partial charge in [-0.15, -0.1) is 0 Å². The van der Waals surface area contributed by atoms with E-state index in [0.717, 1.165) is 24.8 Å². The Morgan fingerprint density at radius 1 is 1.38 bits per heavy atom. The minimum atomic E-state index is -3.53. The Morgan fingerprint density at radius 3 is 2.81 bits per heavy atom. The van der Waals surface area contributed by atoms with Crippen molar-refractivity contribution in [2.75, 3.05) is 5.73 Å². The van der Waals surface area contributed by atoms with Gasteiger partial charge in [0.15, 0.2) is 0 Å². The Morgan fingerprint density at radius 2 is 2.14 bits per heavy atom. The zero-order chi connectivity index (χ0) is 15.3. The van der Waals surface area contributed by atoms with Crippen molar-refractivity contribution in [1.29, 1.82) is 0 Å². The molecule has 0 amide bonds. The van der Waals surface area contributed by atoms with Gasteiger partial charge in [-0.1, -0.05) is 20.3 Å². The molecular weight excluding hydrogens is 286 g/mol. The number of nitrogens with two attached hydrogens (primary N) is 1. The highest BCUT2D eigenvalue weighted by Crippen LogP contribution is 2.38. The highest BCUT2D eigenvalue weighted by Gasteiger charge is 2.37. The summed E-state index contributed by atoms with van der Waals surface area (Å²) < 4.78 is 28.2. The summed E-state index contributed by atoms with van der Waals surface area (Å²) in [6, 6.07) is 5.19. The molecule has 6 heteroatoms. The number of benzene rings is 1. The smallest absolute Gasteiger partial charge is 0.242 e. The molecule has 1 aromatic heterocycles. The van der Waals surface area contributed by atoms with Gasteiger partial charge in [-0.25, -0.2) is 13.1 Å². The lowest BCUT2D eigenvalue weighted by Crippen LogP contribution is -2.41. The molecule has 1 unspecified atom stereocenters. The maximum atomic E-state index is 12.7. The number of hydrogen-bond donors (Lipinski definition) is 3. The van der Waals surface area contributed by atoms with E-state index in [1.807, 2.05) is 0 Å². The van der Waals surface area contributed by atoms with Crippen molar-refractivity contribution in [1.82, 2.24) is 9.71 Å². The molecule has 114 valence electrons. The van der Waals surface area contributed by atoms with Gasteiger partial charge in [0, 0.05) is 28.8 Å². The summed E-state index contributed by atoms with van der Waals surface area (Å²) in [7, 11) is -3.53. The molecule has 1 aliphatic rings. The molecule has 0 spiro atoms. The molecule has 2 aromatic rings. The van der Waals surface area contributed by atoms with Crippen LogP contribution in [0.2, 0.25) is 0 Å². The number of hydrogen-bond acceptors (Lipinski definition) is 3. The second-order valence-corrected chi connectivity index (χ2v) is 8.20. The lowest BCUT2D eigenvalue weighted by Gasteiger charge is -2.27. The fraction of sp³-hybridized carbons (Fsp3) is 0.467. The van der Waals surface area contributed by atoms with E-state index in [1.54, 1.807) is 18.2 Å². The third kappa shape index (κ3) is 2.53. The lowest BCUT2D eigenvalue weighted by atomic mass is 9.88. The molecule has 0 bridgehead atoms. The van der Waals surface area contributed by atoms with Crippen LogP contribution in [0, 0.1) is 5.41 Å². The van der Waals surface area contributed by atoms with E-state index in [0.29, 0.717) is 16.0 Å². The van der Waals surface area contributed by atoms with Crippen LogP contribution in [0.3, 0.4) is 0 Å². The van der Waals surface area contributed by atoms with Crippen LogP contribution in [0.5, 0.6) is 0 Å². The number of aromatic amines is 1. The number of sulfonamides is 1. The first-order valence-electron chi connectivity index (χ1n) is 7.18. The Hall–Kier alpha value is -1.53. The number of aromatic nitrogens is 1. The first kappa shape index (κ1) is 14.4. The zero-order valence-corrected chi connectivity index (χ0v) is 13.1. The molecule has 4 N–H and O–H groups in total. The van der Waals surface area contributed by atoms with Crippen molar-refractivity contribution in [3.05, 3.63) is 24.4 Å². The van der Waals surface area contributed by atoms with Crippen LogP contribution < -0.4 is 10.5 Å². The van der Waals surface area contributed by atoms with Crippen molar-refractivity contribution >= 4 is 26.6 Å². The van der Waals surface area contributed by atoms with Crippen LogP contribution in [0.1, 0.15) is 33.1 Å². The number of fused-ring (bicyclic) bond motifs is 1. The maximum Gasteiger partial charge on any atom is 0.242 e. The second kappa shape index (κ2) is 4.74. The molecule has 1 heterocycles. The number of nitrogens with one attached hydrogen (secondary N) is 2. The minimum absolute atomic E-state index is 0.00358. The predicted molar refractivity (Wildman–Crippen MR) is 84.5 cm³/mol. The summed E-state index contributed by atoms with van der Waals surface area (Å²) in [5, 5.41) is 0.674. The van der Waals surface area contributed by atoms with Gasteiger partial charge in [0.05, 0.1) is 0 Å². The number of rotatable bonds is 3. The average Bonchev–Trinajstić information content (AvgIpc) is 2.93. The van der Waals surface area contributed by atoms with Crippen LogP contribution in [-0.4, -0.2) is 19.4 Å². The van der Waals surface area contributed by atoms with Gasteiger partial charge in [-0.2, -0.15) is 0 Å². The van der Waals surface area contributed by atoms with Crippen molar-refractivity contribution in [2.24, 2.45) is 5.41 Å². The number of nitrogen functional groups attached to an aromatic ring is 1. The fourth-order valence-corrected chi connectivity index (χ4v) is 4.76. The molecule has 0 radical (unpaired) electrons. The molecule has 1 atom stereocenters. The van der Waals surface area contributed by atoms with E-state index in [9.17, 15) is 8.42 Å². The largest absolute Gasteiger partial charge is 0.399 e. The van der Waals surface area contributed by atoms with Crippen LogP contribution in [0.4, 0.5) is 5.69 Å². The second-order valence-electron chi connectivity index (χ2n) is 6.51. The highest BCUT2D eigenvalue weighted by atomic mass is 32.2. The van der Waals surface area contributed by atoms with Crippen molar-refractivity contribution in [3.63, 3.8) is 0 Å². The molecule has 3 rings (SSSR count). The first-order valence-corrected chi connectivity index (χ1v) is 8.67. The third-order valence-corrected chi connectivity index (χ3v) is 6.02. The summed E-state index contributed by atoms with van der Waals surface area (Å²) in [4.78, 5) is 3.27. The van der Waals surface area contributed by atoms with Crippen molar-refractivity contribution in [2.45, 2.75) is 44.0 Å². The highest BCUT2D eigenvalue weighted by molar-refractivity contribution is 7.89. The van der Waals surface area contributed by atoms with Gasteiger partial charge in [0.25, 0.3) is 0 Å². The number of anilines is 1. The summed E-state index contributed by atoms with van der Waals surface area (Å²) in [5.74, 6) is 0. The van der Waals surface area contributed by atoms with Gasteiger partial charge in [0.1, 0.15) is 4.90 Å². The quantitative estimate of drug-likeness (QED) is 0.762. The van der Waals surface area contributed by atoms with Gasteiger partial charge in [0.2, 0.25) is 10.0 Å². The monoisotopic (exact) mass is 307 g/mol. The van der Waals surface area contributed by atoms with Gasteiger partial charge in [-0.3, -0.25) is 0 Å². The van der Waals surface area contributed by atoms with E-state index < -0.39 is 10.0 Å². The van der Waals surface area contributed by atoms with Crippen LogP contribution >= 0.6 is 0 Å². The molecule has 1 saturated carbocycles. The summed E-state index contributed by atoms with van der Waals surface area (Å²) in [6.07, 6.45) is 4.53. The molecule has 0 aliphatic heterocycles. The average molecular weight is 307 g/mol. The predicted octanol–water partition coefficient (Wildman–Crippen LogP) is 2.61. The van der Waals surface area contributed by atoms with E-state index in [2.05, 4.69) is 23.6 Å². The fourth-order valence-electron chi connectivity index (χ4n) is 3.14. The van der Waals surface area contributed by atoms with Crippen molar-refractivity contribution < 1.29 is 8.42 Å². The minimum Gasteiger partial charge on any atom is -0.399 e. The standard InChI is InChI=1S/C15H21N3O2S/c1-15(2)7-3-4-14(15)18-21(19,20)13-9-17-12-8-10(16)5-6-11(12)13/h5-6,8-9,14,17-18H,3-4,7,16H2,1-2H3. The summed E-state index contributed by atoms with van der Waals surface area (Å²) in [6.45, 7) is 4.23. The lowest BCUT2D eigenvalue weighted by molar-refractivity contribution is 0.313. The van der Waals surface area contributed by atoms with E-state index in [4.69, 9.17) is 5.73 Å². The Balaban J connectivity index is 1.97. The van der Waals surface area contributed by atoms with E-state index >= 15 is 0 Å². The maximum absolute atomic E-state index is 12.7. The molecule has 21 heavy (non-hydrogen) atoms. The molecule has 1 aromatic carbocycles. The topological polar surface area (TPSA) is 88.0 Å². The molecule has 1 aliphatic carbocycles. The summed E-state index contributed by atoms with van der Waals surface area (Å²) in [5.41, 5.74) is 7.07. The molecule has 0 saturated heterocycles. The van der Waals surface area contributed by atoms with Crippen molar-refractivity contribution in [3.8, 4) is 0 Å². The molecule has 5 nitrogen and oxygen atoms in total. The number of H-pyrrole nitrogens is 1. The first-order chi connectivity index (χ1) is 9.79. The zero-order valence-electron chi connectivity index (χ0n) is 12.3. The van der Waals surface area contributed by atoms with E-state index in [-0.39, 0.29) is 11.5 Å². The van der Waals surface area contributed by atoms with Crippen LogP contribution in [-0.2, 0) is 10.0 Å². The van der Waals surface area contributed by atoms with Crippen LogP contribution in [0.25, 0.3) is 10.9 Å². The molecule has 1 fully saturated rings.